The van der Waals surface area contributed by atoms with Crippen molar-refractivity contribution in [2.24, 2.45) is 5.73 Å². The van der Waals surface area contributed by atoms with E-state index in [1.54, 1.807) is 38.9 Å². The molecule has 1 aliphatic heterocycles. The minimum atomic E-state index is -0.598. The Morgan fingerprint density at radius 1 is 1.11 bits per heavy atom. The van der Waals surface area contributed by atoms with Gasteiger partial charge in [-0.3, -0.25) is 9.59 Å². The summed E-state index contributed by atoms with van der Waals surface area (Å²) < 4.78 is 27.8. The van der Waals surface area contributed by atoms with Crippen LogP contribution in [0.2, 0.25) is 0 Å². The number of fused-ring (bicyclic) bond motifs is 1. The van der Waals surface area contributed by atoms with Crippen LogP contribution < -0.4 is 16.0 Å². The van der Waals surface area contributed by atoms with Crippen molar-refractivity contribution in [2.45, 2.75) is 59.1 Å². The second-order valence-corrected chi connectivity index (χ2v) is 12.9. The van der Waals surface area contributed by atoms with Gasteiger partial charge >= 0.3 is 11.7 Å². The van der Waals surface area contributed by atoms with Crippen LogP contribution in [0.25, 0.3) is 10.7 Å². The van der Waals surface area contributed by atoms with Gasteiger partial charge < -0.3 is 29.6 Å². The average Bonchev–Trinajstić information content (AvgIpc) is 3.40. The molecule has 242 valence electrons. The number of amides is 2. The third-order valence-electron chi connectivity index (χ3n) is 7.04. The molecular weight excluding hydrogens is 599 g/mol. The molecule has 1 saturated heterocycles. The molecule has 11 nitrogen and oxygen atoms in total. The summed E-state index contributed by atoms with van der Waals surface area (Å²) in [6, 6.07) is 6.13. The number of halogens is 1. The third-order valence-corrected chi connectivity index (χ3v) is 8.02. The highest BCUT2D eigenvalue weighted by molar-refractivity contribution is 8.11. The average molecular weight is 641 g/mol. The van der Waals surface area contributed by atoms with E-state index in [1.165, 1.54) is 34.5 Å². The first-order valence-corrected chi connectivity index (χ1v) is 15.7. The fourth-order valence-electron chi connectivity index (χ4n) is 4.67. The second kappa shape index (κ2) is 14.7. The number of hydrogen-bond donors (Lipinski definition) is 1. The molecule has 3 aromatic rings. The van der Waals surface area contributed by atoms with Crippen LogP contribution in [0.4, 0.5) is 9.18 Å². The topological polar surface area (TPSA) is 124 Å². The molecule has 0 spiro atoms. The third kappa shape index (κ3) is 8.68. The largest absolute Gasteiger partial charge is 0.486 e. The fraction of sp³-hybridized carbons (Fsp3) is 0.438. The summed E-state index contributed by atoms with van der Waals surface area (Å²) in [5, 5.41) is 0. The zero-order valence-corrected chi connectivity index (χ0v) is 27.1. The number of aromatic nitrogens is 3. The Morgan fingerprint density at radius 3 is 2.40 bits per heavy atom. The number of hydrogen-bond acceptors (Lipinski definition) is 8. The molecule has 1 aliphatic rings. The van der Waals surface area contributed by atoms with Gasteiger partial charge in [-0.1, -0.05) is 43.8 Å². The number of ether oxygens (including phenoxy) is 2. The van der Waals surface area contributed by atoms with Gasteiger partial charge in [-0.15, -0.1) is 0 Å². The van der Waals surface area contributed by atoms with E-state index in [0.717, 1.165) is 23.3 Å². The Hall–Kier alpha value is -4.26. The number of carbonyl (C=O) groups excluding carboxylic acids is 2. The smallest absolute Gasteiger partial charge is 0.410 e. The van der Waals surface area contributed by atoms with E-state index < -0.39 is 17.3 Å². The molecule has 1 fully saturated rings. The first-order chi connectivity index (χ1) is 21.4. The number of piperazine rings is 1. The maximum absolute atomic E-state index is 13.6. The molecule has 45 heavy (non-hydrogen) atoms. The lowest BCUT2D eigenvalue weighted by Crippen LogP contribution is -2.52. The van der Waals surface area contributed by atoms with E-state index >= 15 is 0 Å². The molecule has 0 aliphatic carbocycles. The van der Waals surface area contributed by atoms with Gasteiger partial charge in [0.05, 0.1) is 6.61 Å². The standard InChI is InChI=1S/C32H41FN6O5S/c1-6-7-18-43-28-27(22(2)45-25(20-34)19-23-8-10-24(33)11-9-23)35-30-38(16-17-39(30)29(28)41)21-26(40)36-12-14-37(15-13-36)31(42)44-32(3,4)5/h8-11,16-17,20H,2,6-7,12-15,18-19,21,34H2,1,3-5H3/b25-20-. The molecule has 0 radical (unpaired) electrons. The number of allylic oxidation sites excluding steroid dienone is 1. The Morgan fingerprint density at radius 2 is 1.78 bits per heavy atom. The molecule has 0 atom stereocenters. The van der Waals surface area contributed by atoms with Gasteiger partial charge in [-0.25, -0.2) is 18.6 Å². The highest BCUT2D eigenvalue weighted by atomic mass is 32.2. The zero-order chi connectivity index (χ0) is 32.7. The summed E-state index contributed by atoms with van der Waals surface area (Å²) in [4.78, 5) is 48.6. The molecule has 1 aromatic carbocycles. The van der Waals surface area contributed by atoms with E-state index in [2.05, 4.69) is 6.58 Å². The van der Waals surface area contributed by atoms with Crippen LogP contribution in [0, 0.1) is 5.82 Å². The predicted molar refractivity (Wildman–Crippen MR) is 173 cm³/mol. The molecule has 2 aromatic heterocycles. The van der Waals surface area contributed by atoms with E-state index in [4.69, 9.17) is 20.2 Å². The number of rotatable bonds is 11. The van der Waals surface area contributed by atoms with E-state index in [-0.39, 0.29) is 35.5 Å². The number of nitrogens with zero attached hydrogens (tertiary/aromatic N) is 5. The zero-order valence-electron chi connectivity index (χ0n) is 26.3. The molecule has 2 amide bonds. The summed E-state index contributed by atoms with van der Waals surface area (Å²) in [6.45, 7) is 13.4. The summed E-state index contributed by atoms with van der Waals surface area (Å²) in [6.07, 6.45) is 6.30. The Labute approximate surface area is 266 Å². The molecule has 3 heterocycles. The van der Waals surface area contributed by atoms with Crippen molar-refractivity contribution in [3.05, 3.63) is 81.8 Å². The van der Waals surface area contributed by atoms with Crippen LogP contribution in [0.5, 0.6) is 5.75 Å². The van der Waals surface area contributed by atoms with Gasteiger partial charge in [0.25, 0.3) is 0 Å². The summed E-state index contributed by atoms with van der Waals surface area (Å²) in [7, 11) is 0. The number of carbonyl (C=O) groups is 2. The molecular formula is C32H41FN6O5S. The lowest BCUT2D eigenvalue weighted by atomic mass is 10.1. The number of unbranched alkanes of at least 4 members (excludes halogenated alkanes) is 1. The molecule has 13 heteroatoms. The molecule has 0 saturated carbocycles. The van der Waals surface area contributed by atoms with Gasteiger partial charge in [0.2, 0.25) is 17.4 Å². The van der Waals surface area contributed by atoms with Crippen LogP contribution in [-0.2, 0) is 22.5 Å². The number of imidazole rings is 1. The van der Waals surface area contributed by atoms with Crippen LogP contribution >= 0.6 is 11.8 Å². The van der Waals surface area contributed by atoms with Crippen molar-refractivity contribution < 1.29 is 23.5 Å². The van der Waals surface area contributed by atoms with Gasteiger partial charge in [-0.2, -0.15) is 0 Å². The van der Waals surface area contributed by atoms with Crippen molar-refractivity contribution in [2.75, 3.05) is 32.8 Å². The van der Waals surface area contributed by atoms with Crippen LogP contribution in [0.15, 0.2) is 59.1 Å². The van der Waals surface area contributed by atoms with Gasteiger partial charge in [0.15, 0.2) is 0 Å². The van der Waals surface area contributed by atoms with E-state index in [0.29, 0.717) is 44.1 Å². The van der Waals surface area contributed by atoms with Crippen molar-refractivity contribution >= 4 is 34.4 Å². The SMILES string of the molecule is C=C(S/C(=C\N)Cc1ccc(F)cc1)c1nc2n(CC(=O)N3CCN(C(=O)OC(C)(C)C)CC3)ccn2c(=O)c1OCCCC. The van der Waals surface area contributed by atoms with Crippen molar-refractivity contribution in [3.63, 3.8) is 0 Å². The van der Waals surface area contributed by atoms with Gasteiger partial charge in [0.1, 0.15) is 23.7 Å². The van der Waals surface area contributed by atoms with Crippen molar-refractivity contribution in [1.29, 1.82) is 0 Å². The van der Waals surface area contributed by atoms with Crippen LogP contribution in [-0.4, -0.2) is 74.1 Å². The molecule has 2 N–H and O–H groups in total. The van der Waals surface area contributed by atoms with Gasteiger partial charge in [-0.05, 0) is 44.9 Å². The Balaban J connectivity index is 1.54. The normalized spacial score (nSPS) is 14.1. The minimum absolute atomic E-state index is 0.0526. The minimum Gasteiger partial charge on any atom is -0.486 e. The van der Waals surface area contributed by atoms with E-state index in [1.807, 2.05) is 27.7 Å². The maximum Gasteiger partial charge on any atom is 0.410 e. The first kappa shape index (κ1) is 33.6. The Bertz CT molecular complexity index is 1620. The lowest BCUT2D eigenvalue weighted by Gasteiger charge is -2.35. The van der Waals surface area contributed by atoms with E-state index in [9.17, 15) is 18.8 Å². The quantitative estimate of drug-likeness (QED) is 0.301. The number of nitrogens with two attached hydrogens (primary N) is 1. The number of benzene rings is 1. The van der Waals surface area contributed by atoms with Crippen LogP contribution in [0.3, 0.4) is 0 Å². The molecule has 0 unspecified atom stereocenters. The highest BCUT2D eigenvalue weighted by Gasteiger charge is 2.28. The monoisotopic (exact) mass is 640 g/mol. The highest BCUT2D eigenvalue weighted by Crippen LogP contribution is 2.36. The van der Waals surface area contributed by atoms with Crippen molar-refractivity contribution in [1.82, 2.24) is 23.8 Å². The predicted octanol–water partition coefficient (Wildman–Crippen LogP) is 4.64. The fourth-order valence-corrected chi connectivity index (χ4v) is 5.53. The summed E-state index contributed by atoms with van der Waals surface area (Å²) >= 11 is 1.25. The Kier molecular flexibility index (Phi) is 11.0. The van der Waals surface area contributed by atoms with Crippen LogP contribution in [0.1, 0.15) is 51.8 Å². The second-order valence-electron chi connectivity index (χ2n) is 11.7. The summed E-state index contributed by atoms with van der Waals surface area (Å²) in [5.41, 5.74) is 6.03. The first-order valence-electron chi connectivity index (χ1n) is 14.9. The number of thioether (sulfide) groups is 1. The summed E-state index contributed by atoms with van der Waals surface area (Å²) in [5.74, 6) is -0.168. The maximum atomic E-state index is 13.6. The lowest BCUT2D eigenvalue weighted by molar-refractivity contribution is -0.133. The molecule has 4 rings (SSSR count). The van der Waals surface area contributed by atoms with Crippen molar-refractivity contribution in [3.8, 4) is 5.75 Å². The van der Waals surface area contributed by atoms with Gasteiger partial charge in [0, 0.05) is 61.0 Å². The molecule has 0 bridgehead atoms.